The Balaban J connectivity index is 2.05. The Hall–Kier alpha value is -0.940. The highest BCUT2D eigenvalue weighted by atomic mass is 79.9. The molecule has 0 unspecified atom stereocenters. The molecule has 17 heavy (non-hydrogen) atoms. The van der Waals surface area contributed by atoms with Crippen LogP contribution in [0.25, 0.3) is 0 Å². The van der Waals surface area contributed by atoms with E-state index in [0.29, 0.717) is 0 Å². The maximum Gasteiger partial charge on any atom is 0.232 e. The number of rotatable bonds is 4. The number of aromatic hydroxyl groups is 1. The highest BCUT2D eigenvalue weighted by molar-refractivity contribution is 9.10. The molecule has 1 aromatic carbocycles. The normalized spacial score (nSPS) is 10.7. The predicted molar refractivity (Wildman–Crippen MR) is 73.3 cm³/mol. The van der Waals surface area contributed by atoms with Crippen molar-refractivity contribution in [1.82, 2.24) is 9.97 Å². The van der Waals surface area contributed by atoms with E-state index in [1.54, 1.807) is 11.8 Å². The molecule has 90 valence electrons. The standard InChI is InChI=1S/C12H13BrN2OS/c1-2-9-12(16)15-11(14-9)7-17-10-6-4-3-5-8(10)13/h3-6,16H,2,7H2,1H3,(H,14,15). The van der Waals surface area contributed by atoms with Crippen molar-refractivity contribution in [2.24, 2.45) is 0 Å². The third-order valence-electron chi connectivity index (χ3n) is 2.36. The zero-order valence-electron chi connectivity index (χ0n) is 9.40. The van der Waals surface area contributed by atoms with Crippen molar-refractivity contribution >= 4 is 27.7 Å². The Morgan fingerprint density at radius 2 is 2.18 bits per heavy atom. The van der Waals surface area contributed by atoms with Gasteiger partial charge in [-0.1, -0.05) is 19.1 Å². The molecule has 0 bridgehead atoms. The molecule has 0 radical (unpaired) electrons. The number of halogens is 1. The van der Waals surface area contributed by atoms with Crippen molar-refractivity contribution in [3.05, 3.63) is 40.3 Å². The monoisotopic (exact) mass is 312 g/mol. The van der Waals surface area contributed by atoms with E-state index in [2.05, 4.69) is 32.0 Å². The maximum atomic E-state index is 9.52. The van der Waals surface area contributed by atoms with Crippen LogP contribution in [0.3, 0.4) is 0 Å². The van der Waals surface area contributed by atoms with Crippen LogP contribution in [0.4, 0.5) is 0 Å². The number of hydrogen-bond acceptors (Lipinski definition) is 3. The summed E-state index contributed by atoms with van der Waals surface area (Å²) in [6, 6.07) is 8.06. The Labute approximate surface area is 113 Å². The lowest BCUT2D eigenvalue weighted by Gasteiger charge is -2.01. The summed E-state index contributed by atoms with van der Waals surface area (Å²) < 4.78 is 1.08. The van der Waals surface area contributed by atoms with Gasteiger partial charge in [-0.3, -0.25) is 0 Å². The molecule has 2 N–H and O–H groups in total. The zero-order chi connectivity index (χ0) is 12.3. The summed E-state index contributed by atoms with van der Waals surface area (Å²) >= 11 is 5.18. The minimum atomic E-state index is 0.121. The molecule has 3 nitrogen and oxygen atoms in total. The fourth-order valence-electron chi connectivity index (χ4n) is 1.48. The molecule has 0 spiro atoms. The van der Waals surface area contributed by atoms with Gasteiger partial charge >= 0.3 is 0 Å². The molecule has 1 aromatic heterocycles. The molecule has 2 aromatic rings. The van der Waals surface area contributed by atoms with Crippen molar-refractivity contribution in [2.75, 3.05) is 0 Å². The second kappa shape index (κ2) is 5.60. The quantitative estimate of drug-likeness (QED) is 0.846. The van der Waals surface area contributed by atoms with Crippen molar-refractivity contribution in [1.29, 1.82) is 0 Å². The summed E-state index contributed by atoms with van der Waals surface area (Å²) in [4.78, 5) is 8.38. The fourth-order valence-corrected chi connectivity index (χ4v) is 2.91. The van der Waals surface area contributed by atoms with Crippen molar-refractivity contribution in [2.45, 2.75) is 24.0 Å². The summed E-state index contributed by atoms with van der Waals surface area (Å²) in [6.07, 6.45) is 0.762. The molecule has 0 aliphatic rings. The van der Waals surface area contributed by atoms with Gasteiger partial charge in [-0.25, -0.2) is 0 Å². The number of benzene rings is 1. The van der Waals surface area contributed by atoms with Gasteiger partial charge < -0.3 is 10.1 Å². The summed E-state index contributed by atoms with van der Waals surface area (Å²) in [5.41, 5.74) is 0.799. The third-order valence-corrected chi connectivity index (χ3v) is 4.40. The summed E-state index contributed by atoms with van der Waals surface area (Å²) in [5, 5.41) is 9.52. The summed E-state index contributed by atoms with van der Waals surface area (Å²) in [7, 11) is 0. The molecule has 0 amide bonds. The van der Waals surface area contributed by atoms with Crippen molar-refractivity contribution < 1.29 is 5.11 Å². The maximum absolute atomic E-state index is 9.52. The molecule has 0 aliphatic heterocycles. The van der Waals surface area contributed by atoms with E-state index in [1.165, 1.54) is 4.90 Å². The van der Waals surface area contributed by atoms with E-state index >= 15 is 0 Å². The molecule has 0 saturated carbocycles. The number of nitrogens with zero attached hydrogens (tertiary/aromatic N) is 1. The van der Waals surface area contributed by atoms with Gasteiger partial charge in [-0.15, -0.1) is 11.8 Å². The van der Waals surface area contributed by atoms with E-state index in [1.807, 2.05) is 25.1 Å². The van der Waals surface area contributed by atoms with Gasteiger partial charge in [0, 0.05) is 9.37 Å². The lowest BCUT2D eigenvalue weighted by molar-refractivity contribution is 0.449. The Morgan fingerprint density at radius 3 is 2.82 bits per heavy atom. The van der Waals surface area contributed by atoms with Gasteiger partial charge in [0.05, 0.1) is 11.4 Å². The van der Waals surface area contributed by atoms with Gasteiger partial charge in [0.1, 0.15) is 5.82 Å². The van der Waals surface area contributed by atoms with Crippen LogP contribution in [0.2, 0.25) is 0 Å². The SMILES string of the molecule is CCc1[nH]c(CSc2ccccc2Br)nc1O. The average Bonchev–Trinajstić information content (AvgIpc) is 2.69. The van der Waals surface area contributed by atoms with Gasteiger partial charge in [-0.05, 0) is 34.5 Å². The minimum Gasteiger partial charge on any atom is -0.492 e. The van der Waals surface area contributed by atoms with Gasteiger partial charge in [0.2, 0.25) is 5.88 Å². The van der Waals surface area contributed by atoms with Crippen LogP contribution >= 0.6 is 27.7 Å². The molecule has 0 atom stereocenters. The number of nitrogens with one attached hydrogen (secondary N) is 1. The van der Waals surface area contributed by atoms with Gasteiger partial charge in [0.25, 0.3) is 0 Å². The second-order valence-corrected chi connectivity index (χ2v) is 5.43. The van der Waals surface area contributed by atoms with Crippen LogP contribution in [0, 0.1) is 0 Å². The topological polar surface area (TPSA) is 48.9 Å². The van der Waals surface area contributed by atoms with E-state index < -0.39 is 0 Å². The average molecular weight is 313 g/mol. The first-order chi connectivity index (χ1) is 8.20. The van der Waals surface area contributed by atoms with E-state index in [-0.39, 0.29) is 5.88 Å². The van der Waals surface area contributed by atoms with Gasteiger partial charge in [0.15, 0.2) is 0 Å². The molecular weight excluding hydrogens is 300 g/mol. The number of aromatic amines is 1. The van der Waals surface area contributed by atoms with Crippen molar-refractivity contribution in [3.63, 3.8) is 0 Å². The smallest absolute Gasteiger partial charge is 0.232 e. The second-order valence-electron chi connectivity index (χ2n) is 3.56. The van der Waals surface area contributed by atoms with Crippen LogP contribution in [0.5, 0.6) is 5.88 Å². The molecule has 5 heteroatoms. The summed E-state index contributed by atoms with van der Waals surface area (Å²) in [6.45, 7) is 1.98. The minimum absolute atomic E-state index is 0.121. The number of hydrogen-bond donors (Lipinski definition) is 2. The zero-order valence-corrected chi connectivity index (χ0v) is 11.8. The molecular formula is C12H13BrN2OS. The largest absolute Gasteiger partial charge is 0.492 e. The van der Waals surface area contributed by atoms with Crippen molar-refractivity contribution in [3.8, 4) is 5.88 Å². The van der Waals surface area contributed by atoms with Crippen LogP contribution < -0.4 is 0 Å². The lowest BCUT2D eigenvalue weighted by Crippen LogP contribution is -1.85. The van der Waals surface area contributed by atoms with Crippen LogP contribution in [-0.4, -0.2) is 15.1 Å². The van der Waals surface area contributed by atoms with Crippen LogP contribution in [0.15, 0.2) is 33.6 Å². The summed E-state index contributed by atoms with van der Waals surface area (Å²) in [5.74, 6) is 1.64. The first kappa shape index (κ1) is 12.5. The molecule has 0 fully saturated rings. The molecule has 1 heterocycles. The number of aryl methyl sites for hydroxylation is 1. The lowest BCUT2D eigenvalue weighted by atomic mass is 10.4. The third kappa shape index (κ3) is 3.04. The molecule has 0 saturated heterocycles. The van der Waals surface area contributed by atoms with Crippen LogP contribution in [0.1, 0.15) is 18.4 Å². The van der Waals surface area contributed by atoms with Crippen LogP contribution in [-0.2, 0) is 12.2 Å². The Kier molecular flexibility index (Phi) is 4.12. The molecule has 2 rings (SSSR count). The number of thioether (sulfide) groups is 1. The highest BCUT2D eigenvalue weighted by Gasteiger charge is 2.08. The predicted octanol–water partition coefficient (Wildman–Crippen LogP) is 3.73. The Bertz CT molecular complexity index is 513. The highest BCUT2D eigenvalue weighted by Crippen LogP contribution is 2.29. The number of aromatic nitrogens is 2. The number of imidazole rings is 1. The van der Waals surface area contributed by atoms with E-state index in [4.69, 9.17) is 0 Å². The number of H-pyrrole nitrogens is 1. The van der Waals surface area contributed by atoms with E-state index in [9.17, 15) is 5.11 Å². The van der Waals surface area contributed by atoms with Gasteiger partial charge in [-0.2, -0.15) is 4.98 Å². The van der Waals surface area contributed by atoms with E-state index in [0.717, 1.165) is 28.2 Å². The Morgan fingerprint density at radius 1 is 1.41 bits per heavy atom. The first-order valence-electron chi connectivity index (χ1n) is 5.34. The first-order valence-corrected chi connectivity index (χ1v) is 7.12. The molecule has 0 aliphatic carbocycles. The fraction of sp³-hybridized carbons (Fsp3) is 0.250.